The molecule has 3 rings (SSSR count). The molecule has 0 aromatic heterocycles. The molecular weight excluding hydrogens is 226 g/mol. The second kappa shape index (κ2) is 4.37. The maximum atomic E-state index is 12.2. The number of likely N-dealkylation sites (tertiary alicyclic amines) is 1. The summed E-state index contributed by atoms with van der Waals surface area (Å²) in [4.78, 5) is 14.4. The fraction of sp³-hybridized carbons (Fsp3) is 0.500. The number of hydrogen-bond donors (Lipinski definition) is 2. The van der Waals surface area contributed by atoms with Crippen molar-refractivity contribution in [3.8, 4) is 0 Å². The van der Waals surface area contributed by atoms with E-state index in [0.717, 1.165) is 37.2 Å². The molecule has 0 saturated carbocycles. The van der Waals surface area contributed by atoms with E-state index < -0.39 is 0 Å². The van der Waals surface area contributed by atoms with Crippen LogP contribution in [0.15, 0.2) is 18.2 Å². The van der Waals surface area contributed by atoms with Gasteiger partial charge in [0, 0.05) is 23.8 Å². The number of piperidine rings is 1. The zero-order valence-electron chi connectivity index (χ0n) is 10.6. The predicted molar refractivity (Wildman–Crippen MR) is 71.3 cm³/mol. The quantitative estimate of drug-likeness (QED) is 0.786. The maximum absolute atomic E-state index is 12.2. The van der Waals surface area contributed by atoms with E-state index in [1.54, 1.807) is 0 Å². The first kappa shape index (κ1) is 11.7. The molecule has 1 aromatic carbocycles. The number of rotatable bonds is 1. The SMILES string of the molecule is Cc1ccc2c(c1)C(N1CCCC(N)C1)C(=O)N2. The molecule has 1 fully saturated rings. The summed E-state index contributed by atoms with van der Waals surface area (Å²) in [6.45, 7) is 3.83. The van der Waals surface area contributed by atoms with Crippen LogP contribution in [0.1, 0.15) is 30.0 Å². The number of fused-ring (bicyclic) bond motifs is 1. The Hall–Kier alpha value is -1.39. The standard InChI is InChI=1S/C14H19N3O/c1-9-4-5-12-11(7-9)13(14(18)16-12)17-6-2-3-10(15)8-17/h4-5,7,10,13H,2-3,6,8,15H2,1H3,(H,16,18). The van der Waals surface area contributed by atoms with Crippen molar-refractivity contribution in [2.45, 2.75) is 31.8 Å². The molecule has 0 bridgehead atoms. The highest BCUT2D eigenvalue weighted by atomic mass is 16.2. The van der Waals surface area contributed by atoms with Crippen LogP contribution in [0.25, 0.3) is 0 Å². The van der Waals surface area contributed by atoms with E-state index >= 15 is 0 Å². The van der Waals surface area contributed by atoms with Crippen molar-refractivity contribution in [2.24, 2.45) is 5.73 Å². The van der Waals surface area contributed by atoms with Crippen LogP contribution in [0, 0.1) is 6.92 Å². The molecule has 1 saturated heterocycles. The summed E-state index contributed by atoms with van der Waals surface area (Å²) in [7, 11) is 0. The van der Waals surface area contributed by atoms with Gasteiger partial charge in [-0.3, -0.25) is 9.69 Å². The molecule has 2 heterocycles. The van der Waals surface area contributed by atoms with Crippen molar-refractivity contribution >= 4 is 11.6 Å². The van der Waals surface area contributed by atoms with Gasteiger partial charge in [0.05, 0.1) is 0 Å². The number of nitrogens with one attached hydrogen (secondary N) is 1. The van der Waals surface area contributed by atoms with Crippen LogP contribution in [-0.2, 0) is 4.79 Å². The van der Waals surface area contributed by atoms with E-state index in [1.807, 2.05) is 12.1 Å². The highest BCUT2D eigenvalue weighted by molar-refractivity contribution is 6.02. The summed E-state index contributed by atoms with van der Waals surface area (Å²) in [6.07, 6.45) is 2.14. The molecule has 2 aliphatic rings. The second-order valence-electron chi connectivity index (χ2n) is 5.38. The van der Waals surface area contributed by atoms with E-state index in [2.05, 4.69) is 23.2 Å². The van der Waals surface area contributed by atoms with Crippen molar-refractivity contribution in [1.29, 1.82) is 0 Å². The van der Waals surface area contributed by atoms with Crippen LogP contribution in [0.4, 0.5) is 5.69 Å². The van der Waals surface area contributed by atoms with Gasteiger partial charge in [0.1, 0.15) is 6.04 Å². The summed E-state index contributed by atoms with van der Waals surface area (Å²) in [5.74, 6) is 0.0877. The van der Waals surface area contributed by atoms with Crippen molar-refractivity contribution in [3.05, 3.63) is 29.3 Å². The zero-order valence-corrected chi connectivity index (χ0v) is 10.6. The summed E-state index contributed by atoms with van der Waals surface area (Å²) in [5, 5.41) is 2.97. The Labute approximate surface area is 107 Å². The molecule has 0 aliphatic carbocycles. The normalized spacial score (nSPS) is 28.0. The molecule has 4 nitrogen and oxygen atoms in total. The molecule has 4 heteroatoms. The van der Waals surface area contributed by atoms with E-state index in [0.29, 0.717) is 0 Å². The third-order valence-corrected chi connectivity index (χ3v) is 3.86. The van der Waals surface area contributed by atoms with E-state index in [1.165, 1.54) is 5.56 Å². The molecule has 1 amide bonds. The van der Waals surface area contributed by atoms with Crippen LogP contribution >= 0.6 is 0 Å². The molecule has 3 N–H and O–H groups in total. The Balaban J connectivity index is 1.93. The third kappa shape index (κ3) is 1.91. The van der Waals surface area contributed by atoms with Gasteiger partial charge in [-0.05, 0) is 32.4 Å². The largest absolute Gasteiger partial charge is 0.327 e. The third-order valence-electron chi connectivity index (χ3n) is 3.86. The van der Waals surface area contributed by atoms with Crippen LogP contribution in [-0.4, -0.2) is 29.9 Å². The number of amides is 1. The van der Waals surface area contributed by atoms with Gasteiger partial charge in [-0.1, -0.05) is 17.7 Å². The minimum Gasteiger partial charge on any atom is -0.327 e. The van der Waals surface area contributed by atoms with Crippen LogP contribution in [0.2, 0.25) is 0 Å². The highest BCUT2D eigenvalue weighted by Gasteiger charge is 2.36. The second-order valence-corrected chi connectivity index (χ2v) is 5.38. The number of aryl methyl sites for hydroxylation is 1. The lowest BCUT2D eigenvalue weighted by Crippen LogP contribution is -2.46. The Morgan fingerprint density at radius 1 is 1.44 bits per heavy atom. The number of nitrogens with two attached hydrogens (primary N) is 1. The maximum Gasteiger partial charge on any atom is 0.246 e. The Morgan fingerprint density at radius 2 is 2.28 bits per heavy atom. The molecule has 0 spiro atoms. The summed E-state index contributed by atoms with van der Waals surface area (Å²) < 4.78 is 0. The minimum atomic E-state index is -0.147. The predicted octanol–water partition coefficient (Wildman–Crippen LogP) is 1.41. The number of carbonyl (C=O) groups is 1. The van der Waals surface area contributed by atoms with Gasteiger partial charge in [0.2, 0.25) is 5.91 Å². The smallest absolute Gasteiger partial charge is 0.246 e. The van der Waals surface area contributed by atoms with E-state index in [-0.39, 0.29) is 18.0 Å². The van der Waals surface area contributed by atoms with E-state index in [4.69, 9.17) is 5.73 Å². The number of anilines is 1. The molecule has 96 valence electrons. The lowest BCUT2D eigenvalue weighted by molar-refractivity contribution is -0.121. The molecule has 0 radical (unpaired) electrons. The molecular formula is C14H19N3O. The average Bonchev–Trinajstić information content (AvgIpc) is 2.64. The first-order valence-electron chi connectivity index (χ1n) is 6.56. The number of benzene rings is 1. The molecule has 2 aliphatic heterocycles. The Morgan fingerprint density at radius 3 is 3.06 bits per heavy atom. The van der Waals surface area contributed by atoms with Gasteiger partial charge in [-0.25, -0.2) is 0 Å². The van der Waals surface area contributed by atoms with E-state index in [9.17, 15) is 4.79 Å². The fourth-order valence-corrected chi connectivity index (χ4v) is 3.00. The van der Waals surface area contributed by atoms with Crippen LogP contribution < -0.4 is 11.1 Å². The van der Waals surface area contributed by atoms with Gasteiger partial charge < -0.3 is 11.1 Å². The monoisotopic (exact) mass is 245 g/mol. The lowest BCUT2D eigenvalue weighted by atomic mass is 9.99. The van der Waals surface area contributed by atoms with Crippen molar-refractivity contribution in [2.75, 3.05) is 18.4 Å². The summed E-state index contributed by atoms with van der Waals surface area (Å²) >= 11 is 0. The highest BCUT2D eigenvalue weighted by Crippen LogP contribution is 2.36. The minimum absolute atomic E-state index is 0.0877. The Kier molecular flexibility index (Phi) is 2.84. The topological polar surface area (TPSA) is 58.4 Å². The molecule has 18 heavy (non-hydrogen) atoms. The zero-order chi connectivity index (χ0) is 12.7. The van der Waals surface area contributed by atoms with Gasteiger partial charge in [0.25, 0.3) is 0 Å². The number of carbonyl (C=O) groups excluding carboxylic acids is 1. The van der Waals surface area contributed by atoms with Crippen molar-refractivity contribution in [1.82, 2.24) is 4.90 Å². The number of nitrogens with zero attached hydrogens (tertiary/aromatic N) is 1. The van der Waals surface area contributed by atoms with Gasteiger partial charge in [-0.2, -0.15) is 0 Å². The van der Waals surface area contributed by atoms with Gasteiger partial charge in [0.15, 0.2) is 0 Å². The van der Waals surface area contributed by atoms with Gasteiger partial charge in [-0.15, -0.1) is 0 Å². The summed E-state index contributed by atoms with van der Waals surface area (Å²) in [6, 6.07) is 6.18. The fourth-order valence-electron chi connectivity index (χ4n) is 3.00. The van der Waals surface area contributed by atoms with Crippen molar-refractivity contribution in [3.63, 3.8) is 0 Å². The molecule has 1 aromatic rings. The van der Waals surface area contributed by atoms with Crippen molar-refractivity contribution < 1.29 is 4.79 Å². The number of hydrogen-bond acceptors (Lipinski definition) is 3. The van der Waals surface area contributed by atoms with Gasteiger partial charge >= 0.3 is 0 Å². The first-order chi connectivity index (χ1) is 8.65. The molecule has 2 atom stereocenters. The lowest BCUT2D eigenvalue weighted by Gasteiger charge is -2.34. The average molecular weight is 245 g/mol. The first-order valence-corrected chi connectivity index (χ1v) is 6.56. The summed E-state index contributed by atoms with van der Waals surface area (Å²) in [5.41, 5.74) is 9.27. The molecule has 2 unspecified atom stereocenters. The van der Waals surface area contributed by atoms with Crippen LogP contribution in [0.3, 0.4) is 0 Å². The van der Waals surface area contributed by atoms with Crippen LogP contribution in [0.5, 0.6) is 0 Å². The Bertz CT molecular complexity index is 486.